The van der Waals surface area contributed by atoms with Gasteiger partial charge < -0.3 is 0 Å². The Balaban J connectivity index is 0.987. The smallest absolute Gasteiger partial charge is 0.236 e. The molecule has 0 fully saturated rings. The van der Waals surface area contributed by atoms with Gasteiger partial charge in [0.05, 0.1) is 11.5 Å². The number of amides is 2. The van der Waals surface area contributed by atoms with Gasteiger partial charge in [-0.15, -0.1) is 30.6 Å². The molecule has 17 heteroatoms. The first-order valence-electron chi connectivity index (χ1n) is 11.8. The molecular formula is C24H20N8O2S7. The van der Waals surface area contributed by atoms with Gasteiger partial charge in [0.25, 0.3) is 0 Å². The van der Waals surface area contributed by atoms with E-state index in [1.54, 1.807) is 23.5 Å². The summed E-state index contributed by atoms with van der Waals surface area (Å²) in [5.74, 6) is 1.49. The Morgan fingerprint density at radius 1 is 0.537 bits per heavy atom. The molecule has 5 rings (SSSR count). The maximum absolute atomic E-state index is 12.4. The van der Waals surface area contributed by atoms with E-state index in [9.17, 15) is 9.59 Å². The molecule has 3 heterocycles. The molecule has 2 amide bonds. The van der Waals surface area contributed by atoms with E-state index in [-0.39, 0.29) is 23.3 Å². The van der Waals surface area contributed by atoms with Crippen LogP contribution in [-0.4, -0.2) is 53.9 Å². The van der Waals surface area contributed by atoms with E-state index >= 15 is 0 Å². The summed E-state index contributed by atoms with van der Waals surface area (Å²) in [6.45, 7) is 0. The van der Waals surface area contributed by atoms with Crippen LogP contribution in [0.5, 0.6) is 0 Å². The fraction of sp³-hybridized carbons (Fsp3) is 0.167. The average Bonchev–Trinajstić information content (AvgIpc) is 3.76. The Morgan fingerprint density at radius 2 is 0.927 bits per heavy atom. The molecule has 0 aliphatic carbocycles. The third kappa shape index (κ3) is 10.1. The van der Waals surface area contributed by atoms with Crippen LogP contribution in [0.4, 0.5) is 10.3 Å². The van der Waals surface area contributed by atoms with E-state index in [2.05, 4.69) is 65.5 Å². The summed E-state index contributed by atoms with van der Waals surface area (Å²) in [5.41, 5.74) is 2.40. The fourth-order valence-corrected chi connectivity index (χ4v) is 9.02. The molecule has 10 nitrogen and oxygen atoms in total. The molecule has 0 saturated heterocycles. The number of nitrogens with one attached hydrogen (secondary N) is 2. The van der Waals surface area contributed by atoms with Crippen LogP contribution in [0.3, 0.4) is 0 Å². The lowest BCUT2D eigenvalue weighted by Crippen LogP contribution is -2.13. The number of nitrogens with zero attached hydrogens (tertiary/aromatic N) is 6. The van der Waals surface area contributed by atoms with E-state index in [4.69, 9.17) is 0 Å². The highest BCUT2D eigenvalue weighted by atomic mass is 32.2. The molecular weight excluding hydrogens is 657 g/mol. The van der Waals surface area contributed by atoms with Crippen LogP contribution in [0.1, 0.15) is 11.1 Å². The molecule has 0 atom stereocenters. The average molecular weight is 677 g/mol. The van der Waals surface area contributed by atoms with Crippen molar-refractivity contribution in [2.75, 3.05) is 22.1 Å². The quantitative estimate of drug-likeness (QED) is 0.101. The SMILES string of the molecule is O=C(CSc1nnc(SCC(=O)Nc2nnc(SCc3ccccc3)s2)s1)Nc1nnc(SCc2ccccc2)s1. The van der Waals surface area contributed by atoms with Gasteiger partial charge in [0, 0.05) is 11.5 Å². The van der Waals surface area contributed by atoms with Crippen molar-refractivity contribution in [3.05, 3.63) is 71.8 Å². The molecule has 3 aromatic heterocycles. The molecule has 0 radical (unpaired) electrons. The summed E-state index contributed by atoms with van der Waals surface area (Å²) in [5, 5.41) is 31.1. The summed E-state index contributed by atoms with van der Waals surface area (Å²) in [4.78, 5) is 24.7. The number of aromatic nitrogens is 6. The standard InChI is InChI=1S/C24H20N8O2S7/c33-17(25-19-27-29-21(39-19)35-11-15-7-3-1-4-8-15)13-37-23-31-32-24(41-23)38-14-18(34)26-20-28-30-22(40-20)36-12-16-9-5-2-6-10-16/h1-10H,11-14H2,(H,25,27,33)(H,26,28,34). The second-order valence-electron chi connectivity index (χ2n) is 7.80. The van der Waals surface area contributed by atoms with Gasteiger partial charge >= 0.3 is 0 Å². The second-order valence-corrected chi connectivity index (χ2v) is 15.6. The topological polar surface area (TPSA) is 136 Å². The molecule has 0 aliphatic rings. The van der Waals surface area contributed by atoms with Crippen LogP contribution < -0.4 is 10.6 Å². The van der Waals surface area contributed by atoms with Gasteiger partial charge in [-0.1, -0.05) is 142 Å². The minimum atomic E-state index is -0.201. The van der Waals surface area contributed by atoms with Gasteiger partial charge in [-0.25, -0.2) is 0 Å². The maximum Gasteiger partial charge on any atom is 0.236 e. The first-order valence-corrected chi connectivity index (χ1v) is 18.2. The van der Waals surface area contributed by atoms with Crippen molar-refractivity contribution >= 4 is 103 Å². The lowest BCUT2D eigenvalue weighted by Gasteiger charge is -1.99. The fourth-order valence-electron chi connectivity index (χ4n) is 2.95. The Hall–Kier alpha value is -2.54. The van der Waals surface area contributed by atoms with Crippen molar-refractivity contribution in [2.45, 2.75) is 28.9 Å². The van der Waals surface area contributed by atoms with Crippen molar-refractivity contribution < 1.29 is 9.59 Å². The van der Waals surface area contributed by atoms with Gasteiger partial charge in [0.2, 0.25) is 22.1 Å². The lowest BCUT2D eigenvalue weighted by atomic mass is 10.2. The van der Waals surface area contributed by atoms with Crippen LogP contribution >= 0.6 is 81.1 Å². The number of hydrogen-bond donors (Lipinski definition) is 2. The summed E-state index contributed by atoms with van der Waals surface area (Å²) in [7, 11) is 0. The molecule has 0 spiro atoms. The number of benzene rings is 2. The van der Waals surface area contributed by atoms with Crippen LogP contribution in [-0.2, 0) is 21.1 Å². The predicted molar refractivity (Wildman–Crippen MR) is 170 cm³/mol. The summed E-state index contributed by atoms with van der Waals surface area (Å²) in [6.07, 6.45) is 0. The zero-order valence-electron chi connectivity index (χ0n) is 21.0. The summed E-state index contributed by atoms with van der Waals surface area (Å²) >= 11 is 9.73. The van der Waals surface area contributed by atoms with Gasteiger partial charge in [-0.05, 0) is 11.1 Å². The molecule has 2 N–H and O–H groups in total. The minimum Gasteiger partial charge on any atom is -0.300 e. The van der Waals surface area contributed by atoms with Crippen molar-refractivity contribution in [2.24, 2.45) is 0 Å². The van der Waals surface area contributed by atoms with Crippen molar-refractivity contribution in [1.82, 2.24) is 30.6 Å². The van der Waals surface area contributed by atoms with Crippen LogP contribution in [0.15, 0.2) is 78.0 Å². The number of carbonyl (C=O) groups is 2. The van der Waals surface area contributed by atoms with E-state index in [1.807, 2.05) is 36.4 Å². The highest BCUT2D eigenvalue weighted by Gasteiger charge is 2.14. The third-order valence-corrected chi connectivity index (χ3v) is 12.0. The normalized spacial score (nSPS) is 10.9. The van der Waals surface area contributed by atoms with Gasteiger partial charge in [-0.3, -0.25) is 20.2 Å². The molecule has 0 saturated carbocycles. The number of anilines is 2. The van der Waals surface area contributed by atoms with E-state index in [0.717, 1.165) is 20.2 Å². The van der Waals surface area contributed by atoms with Crippen molar-refractivity contribution in [3.8, 4) is 0 Å². The van der Waals surface area contributed by atoms with Gasteiger partial charge in [0.15, 0.2) is 17.4 Å². The molecule has 210 valence electrons. The Morgan fingerprint density at radius 3 is 1.37 bits per heavy atom. The number of carbonyl (C=O) groups excluding carboxylic acids is 2. The first-order chi connectivity index (χ1) is 20.1. The van der Waals surface area contributed by atoms with Crippen LogP contribution in [0.25, 0.3) is 0 Å². The molecule has 0 unspecified atom stereocenters. The zero-order chi connectivity index (χ0) is 28.3. The highest BCUT2D eigenvalue weighted by molar-refractivity contribution is 8.04. The Kier molecular flexibility index (Phi) is 11.4. The van der Waals surface area contributed by atoms with Crippen LogP contribution in [0, 0.1) is 0 Å². The molecule has 41 heavy (non-hydrogen) atoms. The van der Waals surface area contributed by atoms with E-state index < -0.39 is 0 Å². The maximum atomic E-state index is 12.4. The van der Waals surface area contributed by atoms with Gasteiger partial charge in [-0.2, -0.15) is 0 Å². The number of hydrogen-bond acceptors (Lipinski definition) is 15. The van der Waals surface area contributed by atoms with Crippen LogP contribution in [0.2, 0.25) is 0 Å². The monoisotopic (exact) mass is 676 g/mol. The molecule has 0 bridgehead atoms. The summed E-state index contributed by atoms with van der Waals surface area (Å²) < 4.78 is 2.87. The molecule has 5 aromatic rings. The Labute approximate surface area is 264 Å². The lowest BCUT2D eigenvalue weighted by molar-refractivity contribution is -0.114. The highest BCUT2D eigenvalue weighted by Crippen LogP contribution is 2.31. The van der Waals surface area contributed by atoms with Crippen molar-refractivity contribution in [1.29, 1.82) is 0 Å². The third-order valence-electron chi connectivity index (χ3n) is 4.76. The number of thioether (sulfide) groups is 4. The number of rotatable bonds is 14. The van der Waals surface area contributed by atoms with E-state index in [0.29, 0.717) is 18.9 Å². The molecule has 0 aliphatic heterocycles. The largest absolute Gasteiger partial charge is 0.300 e. The van der Waals surface area contributed by atoms with Gasteiger partial charge in [0.1, 0.15) is 0 Å². The molecule has 2 aromatic carbocycles. The zero-order valence-corrected chi connectivity index (χ0v) is 26.7. The predicted octanol–water partition coefficient (Wildman–Crippen LogP) is 6.29. The van der Waals surface area contributed by atoms with Crippen molar-refractivity contribution in [3.63, 3.8) is 0 Å². The summed E-state index contributed by atoms with van der Waals surface area (Å²) in [6, 6.07) is 20.2. The Bertz CT molecular complexity index is 1450. The first kappa shape index (κ1) is 29.9. The minimum absolute atomic E-state index is 0.160. The second kappa shape index (κ2) is 15.6. The van der Waals surface area contributed by atoms with E-state index in [1.165, 1.54) is 68.7 Å².